The van der Waals surface area contributed by atoms with Crippen molar-refractivity contribution in [3.8, 4) is 16.3 Å². The van der Waals surface area contributed by atoms with Crippen molar-refractivity contribution < 1.29 is 4.79 Å². The largest absolute Gasteiger partial charge is 0.298 e. The summed E-state index contributed by atoms with van der Waals surface area (Å²) in [6.07, 6.45) is 5.96. The quantitative estimate of drug-likeness (QED) is 0.676. The third-order valence-corrected chi connectivity index (χ3v) is 3.43. The van der Waals surface area contributed by atoms with Crippen LogP contribution in [0.1, 0.15) is 10.4 Å². The Morgan fingerprint density at radius 3 is 2.72 bits per heavy atom. The van der Waals surface area contributed by atoms with Crippen molar-refractivity contribution in [3.63, 3.8) is 0 Å². The van der Waals surface area contributed by atoms with Crippen molar-refractivity contribution in [2.75, 3.05) is 0 Å². The van der Waals surface area contributed by atoms with Crippen LogP contribution in [-0.2, 0) is 0 Å². The van der Waals surface area contributed by atoms with Crippen LogP contribution in [0.5, 0.6) is 0 Å². The second kappa shape index (κ2) is 4.54. The molecule has 0 aliphatic rings. The third kappa shape index (κ3) is 1.84. The molecule has 0 aromatic carbocycles. The molecule has 0 aliphatic carbocycles. The van der Waals surface area contributed by atoms with E-state index < -0.39 is 0 Å². The minimum absolute atomic E-state index is 0.592. The van der Waals surface area contributed by atoms with Crippen LogP contribution >= 0.6 is 11.3 Å². The lowest BCUT2D eigenvalue weighted by Crippen LogP contribution is -1.94. The maximum absolute atomic E-state index is 11.1. The number of carbonyl (C=O) groups is 1. The van der Waals surface area contributed by atoms with Crippen LogP contribution in [0.4, 0.5) is 0 Å². The van der Waals surface area contributed by atoms with Crippen LogP contribution in [0.25, 0.3) is 16.3 Å². The summed E-state index contributed by atoms with van der Waals surface area (Å²) < 4.78 is 1.69. The van der Waals surface area contributed by atoms with Crippen LogP contribution in [0.3, 0.4) is 0 Å². The Labute approximate surface area is 108 Å². The van der Waals surface area contributed by atoms with Gasteiger partial charge in [0, 0.05) is 18.6 Å². The number of hydrogen-bond donors (Lipinski definition) is 0. The minimum Gasteiger partial charge on any atom is -0.298 e. The van der Waals surface area contributed by atoms with E-state index in [0.29, 0.717) is 5.56 Å². The van der Waals surface area contributed by atoms with E-state index in [1.807, 2.05) is 29.6 Å². The first kappa shape index (κ1) is 10.9. The van der Waals surface area contributed by atoms with Gasteiger partial charge < -0.3 is 0 Å². The SMILES string of the molecule is O=Cc1cn(-c2ccncc2)nc1-c1cccs1. The van der Waals surface area contributed by atoms with E-state index in [-0.39, 0.29) is 0 Å². The molecule has 0 radical (unpaired) electrons. The molecule has 0 bridgehead atoms. The number of pyridine rings is 1. The fourth-order valence-corrected chi connectivity index (χ4v) is 2.44. The van der Waals surface area contributed by atoms with E-state index in [1.54, 1.807) is 34.6 Å². The summed E-state index contributed by atoms with van der Waals surface area (Å²) >= 11 is 1.57. The summed E-state index contributed by atoms with van der Waals surface area (Å²) in [5.41, 5.74) is 2.20. The molecule has 0 atom stereocenters. The highest BCUT2D eigenvalue weighted by Gasteiger charge is 2.12. The first-order valence-electron chi connectivity index (χ1n) is 5.37. The van der Waals surface area contributed by atoms with E-state index in [0.717, 1.165) is 22.5 Å². The zero-order valence-corrected chi connectivity index (χ0v) is 10.2. The molecule has 3 aromatic heterocycles. The molecule has 18 heavy (non-hydrogen) atoms. The first-order valence-corrected chi connectivity index (χ1v) is 6.25. The molecule has 88 valence electrons. The predicted octanol–water partition coefficient (Wildman–Crippen LogP) is 2.81. The molecule has 0 amide bonds. The summed E-state index contributed by atoms with van der Waals surface area (Å²) in [5, 5.41) is 6.43. The number of aldehydes is 1. The molecule has 3 aromatic rings. The van der Waals surface area contributed by atoms with Crippen molar-refractivity contribution in [1.82, 2.24) is 14.8 Å². The van der Waals surface area contributed by atoms with Crippen LogP contribution in [-0.4, -0.2) is 21.1 Å². The standard InChI is InChI=1S/C13H9N3OS/c17-9-10-8-16(11-3-5-14-6-4-11)15-13(10)12-2-1-7-18-12/h1-9H. The highest BCUT2D eigenvalue weighted by Crippen LogP contribution is 2.26. The van der Waals surface area contributed by atoms with Gasteiger partial charge in [0.2, 0.25) is 0 Å². The maximum atomic E-state index is 11.1. The van der Waals surface area contributed by atoms with Gasteiger partial charge in [0.25, 0.3) is 0 Å². The monoisotopic (exact) mass is 255 g/mol. The van der Waals surface area contributed by atoms with Gasteiger partial charge in [-0.15, -0.1) is 11.3 Å². The Morgan fingerprint density at radius 1 is 1.22 bits per heavy atom. The third-order valence-electron chi connectivity index (χ3n) is 2.55. The number of carbonyl (C=O) groups excluding carboxylic acids is 1. The van der Waals surface area contributed by atoms with E-state index in [9.17, 15) is 4.79 Å². The number of aromatic nitrogens is 3. The van der Waals surface area contributed by atoms with Crippen molar-refractivity contribution in [1.29, 1.82) is 0 Å². The van der Waals surface area contributed by atoms with Crippen LogP contribution < -0.4 is 0 Å². The second-order valence-corrected chi connectivity index (χ2v) is 4.63. The fourth-order valence-electron chi connectivity index (χ4n) is 1.71. The first-order chi connectivity index (χ1) is 8.88. The summed E-state index contributed by atoms with van der Waals surface area (Å²) in [7, 11) is 0. The number of nitrogens with zero attached hydrogens (tertiary/aromatic N) is 3. The van der Waals surface area contributed by atoms with E-state index >= 15 is 0 Å². The van der Waals surface area contributed by atoms with Gasteiger partial charge in [-0.2, -0.15) is 5.10 Å². The van der Waals surface area contributed by atoms with Gasteiger partial charge in [-0.25, -0.2) is 4.68 Å². The van der Waals surface area contributed by atoms with E-state index in [4.69, 9.17) is 0 Å². The number of hydrogen-bond acceptors (Lipinski definition) is 4. The predicted molar refractivity (Wildman–Crippen MR) is 70.1 cm³/mol. The van der Waals surface area contributed by atoms with E-state index in [2.05, 4.69) is 10.1 Å². The van der Waals surface area contributed by atoms with Crippen LogP contribution in [0.15, 0.2) is 48.2 Å². The Morgan fingerprint density at radius 2 is 2.06 bits per heavy atom. The molecule has 0 N–H and O–H groups in total. The molecular weight excluding hydrogens is 246 g/mol. The topological polar surface area (TPSA) is 47.8 Å². The normalized spacial score (nSPS) is 10.4. The lowest BCUT2D eigenvalue weighted by Gasteiger charge is -1.98. The molecule has 0 spiro atoms. The average Bonchev–Trinajstić information content (AvgIpc) is 3.08. The van der Waals surface area contributed by atoms with Crippen molar-refractivity contribution >= 4 is 17.6 Å². The number of rotatable bonds is 3. The Kier molecular flexibility index (Phi) is 2.74. The fraction of sp³-hybridized carbons (Fsp3) is 0. The van der Waals surface area contributed by atoms with Gasteiger partial charge in [0.1, 0.15) is 5.69 Å². The highest BCUT2D eigenvalue weighted by molar-refractivity contribution is 7.13. The van der Waals surface area contributed by atoms with Crippen molar-refractivity contribution in [2.45, 2.75) is 0 Å². The Bertz CT molecular complexity index is 659. The summed E-state index contributed by atoms with van der Waals surface area (Å²) in [5.74, 6) is 0. The second-order valence-electron chi connectivity index (χ2n) is 3.68. The smallest absolute Gasteiger partial charge is 0.153 e. The van der Waals surface area contributed by atoms with Gasteiger partial charge >= 0.3 is 0 Å². The molecule has 5 heteroatoms. The van der Waals surface area contributed by atoms with Gasteiger partial charge in [0.05, 0.1) is 16.1 Å². The lowest BCUT2D eigenvalue weighted by atomic mass is 10.2. The molecule has 4 nitrogen and oxygen atoms in total. The van der Waals surface area contributed by atoms with Gasteiger partial charge in [0.15, 0.2) is 6.29 Å². The molecular formula is C13H9N3OS. The zero-order valence-electron chi connectivity index (χ0n) is 9.35. The van der Waals surface area contributed by atoms with Crippen LogP contribution in [0.2, 0.25) is 0 Å². The molecule has 0 saturated carbocycles. The minimum atomic E-state index is 0.592. The zero-order chi connectivity index (χ0) is 12.4. The molecule has 0 fully saturated rings. The molecule has 0 saturated heterocycles. The summed E-state index contributed by atoms with van der Waals surface area (Å²) in [4.78, 5) is 16.1. The van der Waals surface area contributed by atoms with Crippen molar-refractivity contribution in [2.24, 2.45) is 0 Å². The molecule has 0 unspecified atom stereocenters. The molecule has 3 heterocycles. The van der Waals surface area contributed by atoms with Crippen molar-refractivity contribution in [3.05, 3.63) is 53.8 Å². The highest BCUT2D eigenvalue weighted by atomic mass is 32.1. The number of thiophene rings is 1. The average molecular weight is 255 g/mol. The summed E-state index contributed by atoms with van der Waals surface area (Å²) in [6, 6.07) is 7.59. The summed E-state index contributed by atoms with van der Waals surface area (Å²) in [6.45, 7) is 0. The maximum Gasteiger partial charge on any atom is 0.153 e. The van der Waals surface area contributed by atoms with Gasteiger partial charge in [-0.05, 0) is 23.6 Å². The van der Waals surface area contributed by atoms with Gasteiger partial charge in [-0.3, -0.25) is 9.78 Å². The Balaban J connectivity index is 2.12. The van der Waals surface area contributed by atoms with Gasteiger partial charge in [-0.1, -0.05) is 6.07 Å². The Hall–Kier alpha value is -2.27. The van der Waals surface area contributed by atoms with E-state index in [1.165, 1.54) is 0 Å². The molecule has 3 rings (SSSR count). The lowest BCUT2D eigenvalue weighted by molar-refractivity contribution is 0.112. The molecule has 0 aliphatic heterocycles. The van der Waals surface area contributed by atoms with Crippen LogP contribution in [0, 0.1) is 0 Å².